The fourth-order valence-electron chi connectivity index (χ4n) is 2.36. The molecule has 0 saturated heterocycles. The van der Waals surface area contributed by atoms with Crippen LogP contribution in [0.4, 0.5) is 4.39 Å². The first kappa shape index (κ1) is 15.2. The van der Waals surface area contributed by atoms with Crippen LogP contribution in [0.3, 0.4) is 0 Å². The summed E-state index contributed by atoms with van der Waals surface area (Å²) in [7, 11) is 0. The van der Waals surface area contributed by atoms with Gasteiger partial charge in [-0.1, -0.05) is 53.2 Å². The third kappa shape index (κ3) is 3.68. The van der Waals surface area contributed by atoms with Crippen LogP contribution in [0.1, 0.15) is 43.5 Å². The lowest BCUT2D eigenvalue weighted by Gasteiger charge is -2.24. The fraction of sp³-hybridized carbons (Fsp3) is 0.294. The van der Waals surface area contributed by atoms with E-state index < -0.39 is 0 Å². The minimum Gasteiger partial charge on any atom is -0.303 e. The molecule has 1 N–H and O–H groups in total. The molecule has 2 rings (SSSR count). The molecule has 3 heteroatoms. The standard InChI is InChI=1S/C17H19BrFN/c1-3-17(13-8-10-14(19)11-9-13)20-12(2)15-6-4-5-7-16(15)18/h4-12,17,20H,3H2,1-2H3/t12-,17?/m0/s1. The quantitative estimate of drug-likeness (QED) is 0.772. The van der Waals surface area contributed by atoms with E-state index in [-0.39, 0.29) is 17.9 Å². The smallest absolute Gasteiger partial charge is 0.123 e. The summed E-state index contributed by atoms with van der Waals surface area (Å²) in [6.07, 6.45) is 0.959. The number of benzene rings is 2. The van der Waals surface area contributed by atoms with Gasteiger partial charge < -0.3 is 5.32 Å². The molecular weight excluding hydrogens is 317 g/mol. The van der Waals surface area contributed by atoms with E-state index in [1.54, 1.807) is 0 Å². The molecule has 0 aliphatic heterocycles. The molecule has 20 heavy (non-hydrogen) atoms. The molecule has 106 valence electrons. The summed E-state index contributed by atoms with van der Waals surface area (Å²) in [5, 5.41) is 3.61. The predicted molar refractivity (Wildman–Crippen MR) is 85.1 cm³/mol. The number of halogens is 2. The Balaban J connectivity index is 2.14. The minimum absolute atomic E-state index is 0.192. The number of nitrogens with one attached hydrogen (secondary N) is 1. The SMILES string of the molecule is CCC(N[C@@H](C)c1ccccc1Br)c1ccc(F)cc1. The molecule has 0 amide bonds. The predicted octanol–water partition coefficient (Wildman–Crippen LogP) is 5.39. The van der Waals surface area contributed by atoms with Crippen LogP contribution in [-0.2, 0) is 0 Å². The molecule has 0 bridgehead atoms. The average molecular weight is 336 g/mol. The molecule has 0 saturated carbocycles. The zero-order valence-electron chi connectivity index (χ0n) is 11.7. The van der Waals surface area contributed by atoms with E-state index in [0.717, 1.165) is 16.5 Å². The molecule has 2 aromatic rings. The van der Waals surface area contributed by atoms with Crippen LogP contribution in [0, 0.1) is 5.82 Å². The van der Waals surface area contributed by atoms with Gasteiger partial charge in [0.2, 0.25) is 0 Å². The van der Waals surface area contributed by atoms with Crippen molar-refractivity contribution in [1.82, 2.24) is 5.32 Å². The van der Waals surface area contributed by atoms with Crippen molar-refractivity contribution in [3.63, 3.8) is 0 Å². The second-order valence-corrected chi connectivity index (χ2v) is 5.78. The normalized spacial score (nSPS) is 14.0. The third-order valence-electron chi connectivity index (χ3n) is 3.50. The summed E-state index contributed by atoms with van der Waals surface area (Å²) in [5.74, 6) is -0.192. The van der Waals surface area contributed by atoms with E-state index in [9.17, 15) is 4.39 Å². The number of hydrogen-bond acceptors (Lipinski definition) is 1. The molecule has 0 aliphatic rings. The van der Waals surface area contributed by atoms with E-state index in [1.165, 1.54) is 17.7 Å². The van der Waals surface area contributed by atoms with Crippen molar-refractivity contribution in [2.24, 2.45) is 0 Å². The van der Waals surface area contributed by atoms with Crippen molar-refractivity contribution >= 4 is 15.9 Å². The average Bonchev–Trinajstić information content (AvgIpc) is 2.46. The van der Waals surface area contributed by atoms with Gasteiger partial charge in [0.1, 0.15) is 5.82 Å². The Morgan fingerprint density at radius 3 is 2.35 bits per heavy atom. The van der Waals surface area contributed by atoms with E-state index in [1.807, 2.05) is 30.3 Å². The molecule has 2 aromatic carbocycles. The van der Waals surface area contributed by atoms with Gasteiger partial charge in [-0.15, -0.1) is 0 Å². The monoisotopic (exact) mass is 335 g/mol. The first-order chi connectivity index (χ1) is 9.61. The van der Waals surface area contributed by atoms with Crippen molar-refractivity contribution in [2.75, 3.05) is 0 Å². The highest BCUT2D eigenvalue weighted by molar-refractivity contribution is 9.10. The van der Waals surface area contributed by atoms with Crippen molar-refractivity contribution in [3.8, 4) is 0 Å². The molecule has 0 aliphatic carbocycles. The highest BCUT2D eigenvalue weighted by Crippen LogP contribution is 2.26. The van der Waals surface area contributed by atoms with E-state index in [0.29, 0.717) is 0 Å². The Morgan fingerprint density at radius 1 is 1.10 bits per heavy atom. The lowest BCUT2D eigenvalue weighted by atomic mass is 10.0. The maximum Gasteiger partial charge on any atom is 0.123 e. The van der Waals surface area contributed by atoms with E-state index >= 15 is 0 Å². The van der Waals surface area contributed by atoms with Crippen LogP contribution in [0.2, 0.25) is 0 Å². The molecular formula is C17H19BrFN. The molecule has 1 nitrogen and oxygen atoms in total. The van der Waals surface area contributed by atoms with Gasteiger partial charge in [-0.25, -0.2) is 4.39 Å². The Labute approximate surface area is 128 Å². The van der Waals surface area contributed by atoms with Crippen LogP contribution in [0.15, 0.2) is 53.0 Å². The van der Waals surface area contributed by atoms with Crippen molar-refractivity contribution in [2.45, 2.75) is 32.4 Å². The van der Waals surface area contributed by atoms with Gasteiger partial charge in [-0.3, -0.25) is 0 Å². The Kier molecular flexibility index (Phi) is 5.32. The summed E-state index contributed by atoms with van der Waals surface area (Å²) in [6.45, 7) is 4.28. The molecule has 0 fully saturated rings. The molecule has 0 spiro atoms. The second kappa shape index (κ2) is 7.00. The minimum atomic E-state index is -0.192. The van der Waals surface area contributed by atoms with Gasteiger partial charge in [0.15, 0.2) is 0 Å². The van der Waals surface area contributed by atoms with Crippen LogP contribution in [-0.4, -0.2) is 0 Å². The zero-order valence-corrected chi connectivity index (χ0v) is 13.3. The van der Waals surface area contributed by atoms with Gasteiger partial charge in [0.05, 0.1) is 0 Å². The van der Waals surface area contributed by atoms with Crippen molar-refractivity contribution < 1.29 is 4.39 Å². The Hall–Kier alpha value is -1.19. The summed E-state index contributed by atoms with van der Waals surface area (Å²) in [6, 6.07) is 15.4. The molecule has 2 atom stereocenters. The van der Waals surface area contributed by atoms with E-state index in [4.69, 9.17) is 0 Å². The van der Waals surface area contributed by atoms with Gasteiger partial charge >= 0.3 is 0 Å². The first-order valence-electron chi connectivity index (χ1n) is 6.87. The first-order valence-corrected chi connectivity index (χ1v) is 7.67. The topological polar surface area (TPSA) is 12.0 Å². The fourth-order valence-corrected chi connectivity index (χ4v) is 2.99. The van der Waals surface area contributed by atoms with Crippen LogP contribution >= 0.6 is 15.9 Å². The van der Waals surface area contributed by atoms with Crippen LogP contribution in [0.5, 0.6) is 0 Å². The van der Waals surface area contributed by atoms with Gasteiger partial charge in [-0.05, 0) is 42.7 Å². The number of hydrogen-bond donors (Lipinski definition) is 1. The lowest BCUT2D eigenvalue weighted by molar-refractivity contribution is 0.455. The molecule has 0 heterocycles. The summed E-state index contributed by atoms with van der Waals surface area (Å²) in [4.78, 5) is 0. The van der Waals surface area contributed by atoms with Crippen LogP contribution < -0.4 is 5.32 Å². The van der Waals surface area contributed by atoms with Crippen molar-refractivity contribution in [1.29, 1.82) is 0 Å². The summed E-state index contributed by atoms with van der Waals surface area (Å²) in [5.41, 5.74) is 2.35. The third-order valence-corrected chi connectivity index (χ3v) is 4.23. The van der Waals surface area contributed by atoms with Gasteiger partial charge in [-0.2, -0.15) is 0 Å². The lowest BCUT2D eigenvalue weighted by Crippen LogP contribution is -2.24. The highest BCUT2D eigenvalue weighted by Gasteiger charge is 2.15. The number of rotatable bonds is 5. The second-order valence-electron chi connectivity index (χ2n) is 4.92. The molecule has 0 radical (unpaired) electrons. The largest absolute Gasteiger partial charge is 0.303 e. The maximum atomic E-state index is 13.0. The molecule has 1 unspecified atom stereocenters. The zero-order chi connectivity index (χ0) is 14.5. The molecule has 0 aromatic heterocycles. The highest BCUT2D eigenvalue weighted by atomic mass is 79.9. The Bertz CT molecular complexity index is 553. The summed E-state index contributed by atoms with van der Waals surface area (Å²) >= 11 is 3.58. The van der Waals surface area contributed by atoms with Crippen molar-refractivity contribution in [3.05, 3.63) is 69.9 Å². The van der Waals surface area contributed by atoms with E-state index in [2.05, 4.69) is 41.2 Å². The maximum absolute atomic E-state index is 13.0. The van der Waals surface area contributed by atoms with Gasteiger partial charge in [0, 0.05) is 16.6 Å². The van der Waals surface area contributed by atoms with Gasteiger partial charge in [0.25, 0.3) is 0 Å². The van der Waals surface area contributed by atoms with Crippen LogP contribution in [0.25, 0.3) is 0 Å². The summed E-state index contributed by atoms with van der Waals surface area (Å²) < 4.78 is 14.1. The Morgan fingerprint density at radius 2 is 1.75 bits per heavy atom.